The lowest BCUT2D eigenvalue weighted by Crippen LogP contribution is -2.26. The van der Waals surface area contributed by atoms with E-state index in [2.05, 4.69) is 39.4 Å². The molecule has 102 valence electrons. The van der Waals surface area contributed by atoms with E-state index in [0.29, 0.717) is 5.92 Å². The number of hydrogen-bond acceptors (Lipinski definition) is 3. The Labute approximate surface area is 118 Å². The first-order valence-corrected chi connectivity index (χ1v) is 7.02. The van der Waals surface area contributed by atoms with Gasteiger partial charge in [0.25, 0.3) is 0 Å². The second-order valence-electron chi connectivity index (χ2n) is 4.20. The average molecular weight is 316 g/mol. The minimum Gasteiger partial charge on any atom is -0.385 e. The molecule has 0 bridgehead atoms. The average Bonchev–Trinajstić information content (AvgIpc) is 2.39. The molecule has 3 nitrogen and oxygen atoms in total. The van der Waals surface area contributed by atoms with Crippen molar-refractivity contribution in [3.05, 3.63) is 34.3 Å². The molecule has 18 heavy (non-hydrogen) atoms. The van der Waals surface area contributed by atoms with Crippen molar-refractivity contribution in [3.63, 3.8) is 0 Å². The smallest absolute Gasteiger partial charge is 0.0587 e. The van der Waals surface area contributed by atoms with Gasteiger partial charge in [-0.1, -0.05) is 34.1 Å². The third-order valence-corrected chi connectivity index (χ3v) is 3.61. The fourth-order valence-electron chi connectivity index (χ4n) is 1.88. The quantitative estimate of drug-likeness (QED) is 0.711. The van der Waals surface area contributed by atoms with Crippen molar-refractivity contribution >= 4 is 15.9 Å². The molecule has 0 heterocycles. The molecule has 0 saturated heterocycles. The number of nitrogens with one attached hydrogen (secondary N) is 1. The van der Waals surface area contributed by atoms with Gasteiger partial charge in [-0.25, -0.2) is 0 Å². The maximum Gasteiger partial charge on any atom is 0.0587 e. The molecular formula is C14H22BrNO2. The van der Waals surface area contributed by atoms with Gasteiger partial charge in [0, 0.05) is 38.4 Å². The minimum atomic E-state index is 0.456. The van der Waals surface area contributed by atoms with E-state index in [1.807, 2.05) is 6.07 Å². The van der Waals surface area contributed by atoms with Crippen molar-refractivity contribution < 1.29 is 9.47 Å². The van der Waals surface area contributed by atoms with Crippen molar-refractivity contribution in [2.45, 2.75) is 12.3 Å². The summed E-state index contributed by atoms with van der Waals surface area (Å²) in [6.07, 6.45) is 1.01. The van der Waals surface area contributed by atoms with Crippen LogP contribution in [0.1, 0.15) is 17.9 Å². The molecule has 0 aliphatic carbocycles. The first kappa shape index (κ1) is 15.6. The SMILES string of the molecule is COCCNCC(CCOC)c1ccccc1Br. The maximum absolute atomic E-state index is 5.19. The molecule has 0 spiro atoms. The monoisotopic (exact) mass is 315 g/mol. The molecule has 0 amide bonds. The molecule has 4 heteroatoms. The Morgan fingerprint density at radius 2 is 1.89 bits per heavy atom. The molecule has 0 radical (unpaired) electrons. The second kappa shape index (κ2) is 9.50. The summed E-state index contributed by atoms with van der Waals surface area (Å²) in [7, 11) is 3.47. The summed E-state index contributed by atoms with van der Waals surface area (Å²) in [6, 6.07) is 8.38. The molecular weight excluding hydrogens is 294 g/mol. The van der Waals surface area contributed by atoms with E-state index >= 15 is 0 Å². The second-order valence-corrected chi connectivity index (χ2v) is 5.05. The number of benzene rings is 1. The molecule has 1 aromatic carbocycles. The third-order valence-electron chi connectivity index (χ3n) is 2.89. The Balaban J connectivity index is 2.57. The molecule has 0 saturated carbocycles. The zero-order chi connectivity index (χ0) is 13.2. The normalized spacial score (nSPS) is 12.6. The molecule has 0 aromatic heterocycles. The van der Waals surface area contributed by atoms with Crippen molar-refractivity contribution in [3.8, 4) is 0 Å². The number of ether oxygens (including phenoxy) is 2. The van der Waals surface area contributed by atoms with Gasteiger partial charge in [-0.2, -0.15) is 0 Å². The van der Waals surface area contributed by atoms with Gasteiger partial charge in [-0.15, -0.1) is 0 Å². The molecule has 1 N–H and O–H groups in total. The lowest BCUT2D eigenvalue weighted by atomic mass is 9.96. The van der Waals surface area contributed by atoms with Crippen molar-refractivity contribution in [1.82, 2.24) is 5.32 Å². The van der Waals surface area contributed by atoms with E-state index in [1.165, 1.54) is 10.0 Å². The summed E-state index contributed by atoms with van der Waals surface area (Å²) < 4.78 is 11.4. The van der Waals surface area contributed by atoms with E-state index < -0.39 is 0 Å². The Morgan fingerprint density at radius 1 is 1.17 bits per heavy atom. The Morgan fingerprint density at radius 3 is 2.56 bits per heavy atom. The molecule has 0 aliphatic heterocycles. The number of methoxy groups -OCH3 is 2. The third kappa shape index (κ3) is 5.48. The van der Waals surface area contributed by atoms with E-state index in [4.69, 9.17) is 9.47 Å². The summed E-state index contributed by atoms with van der Waals surface area (Å²) >= 11 is 3.62. The molecule has 0 aliphatic rings. The fourth-order valence-corrected chi connectivity index (χ4v) is 2.49. The van der Waals surface area contributed by atoms with Crippen LogP contribution in [0.3, 0.4) is 0 Å². The van der Waals surface area contributed by atoms with E-state index in [-0.39, 0.29) is 0 Å². The molecule has 1 unspecified atom stereocenters. The molecule has 0 fully saturated rings. The van der Waals surface area contributed by atoms with Crippen molar-refractivity contribution in [2.24, 2.45) is 0 Å². The van der Waals surface area contributed by atoms with Crippen LogP contribution in [0.4, 0.5) is 0 Å². The van der Waals surface area contributed by atoms with Crippen LogP contribution in [0.2, 0.25) is 0 Å². The van der Waals surface area contributed by atoms with Gasteiger partial charge in [0.2, 0.25) is 0 Å². The van der Waals surface area contributed by atoms with Crippen LogP contribution < -0.4 is 5.32 Å². The highest BCUT2D eigenvalue weighted by Gasteiger charge is 2.13. The summed E-state index contributed by atoms with van der Waals surface area (Å²) in [5.41, 5.74) is 1.33. The topological polar surface area (TPSA) is 30.5 Å². The highest BCUT2D eigenvalue weighted by Crippen LogP contribution is 2.26. The summed E-state index contributed by atoms with van der Waals surface area (Å²) in [5, 5.41) is 3.42. The van der Waals surface area contributed by atoms with Gasteiger partial charge in [0.1, 0.15) is 0 Å². The number of hydrogen-bond donors (Lipinski definition) is 1. The molecule has 1 rings (SSSR count). The highest BCUT2D eigenvalue weighted by molar-refractivity contribution is 9.10. The van der Waals surface area contributed by atoms with E-state index in [1.54, 1.807) is 14.2 Å². The lowest BCUT2D eigenvalue weighted by Gasteiger charge is -2.19. The maximum atomic E-state index is 5.19. The van der Waals surface area contributed by atoms with E-state index in [0.717, 1.165) is 32.7 Å². The largest absolute Gasteiger partial charge is 0.385 e. The molecule has 1 aromatic rings. The minimum absolute atomic E-state index is 0.456. The summed E-state index contributed by atoms with van der Waals surface area (Å²) in [6.45, 7) is 3.34. The number of halogens is 1. The van der Waals surface area contributed by atoms with Gasteiger partial charge in [-0.05, 0) is 24.0 Å². The van der Waals surface area contributed by atoms with Gasteiger partial charge in [0.15, 0.2) is 0 Å². The zero-order valence-electron chi connectivity index (χ0n) is 11.1. The van der Waals surface area contributed by atoms with Crippen LogP contribution in [0.5, 0.6) is 0 Å². The standard InChI is InChI=1S/C14H22BrNO2/c1-17-9-7-12(11-16-8-10-18-2)13-5-3-4-6-14(13)15/h3-6,12,16H,7-11H2,1-2H3. The van der Waals surface area contributed by atoms with Crippen molar-refractivity contribution in [2.75, 3.05) is 40.5 Å². The summed E-state index contributed by atoms with van der Waals surface area (Å²) in [4.78, 5) is 0. The zero-order valence-corrected chi connectivity index (χ0v) is 12.7. The first-order valence-electron chi connectivity index (χ1n) is 6.22. The Kier molecular flexibility index (Phi) is 8.25. The first-order chi connectivity index (χ1) is 8.79. The van der Waals surface area contributed by atoms with Crippen LogP contribution in [0.15, 0.2) is 28.7 Å². The van der Waals surface area contributed by atoms with Crippen LogP contribution >= 0.6 is 15.9 Å². The van der Waals surface area contributed by atoms with Crippen LogP contribution in [0, 0.1) is 0 Å². The van der Waals surface area contributed by atoms with Gasteiger partial charge in [0.05, 0.1) is 6.61 Å². The van der Waals surface area contributed by atoms with Crippen LogP contribution in [-0.2, 0) is 9.47 Å². The predicted molar refractivity (Wildman–Crippen MR) is 78.1 cm³/mol. The van der Waals surface area contributed by atoms with Gasteiger partial charge < -0.3 is 14.8 Å². The molecule has 1 atom stereocenters. The Hall–Kier alpha value is -0.420. The predicted octanol–water partition coefficient (Wildman–Crippen LogP) is 2.81. The van der Waals surface area contributed by atoms with Crippen LogP contribution in [0.25, 0.3) is 0 Å². The lowest BCUT2D eigenvalue weighted by molar-refractivity contribution is 0.183. The van der Waals surface area contributed by atoms with Crippen molar-refractivity contribution in [1.29, 1.82) is 0 Å². The Bertz CT molecular complexity index is 333. The highest BCUT2D eigenvalue weighted by atomic mass is 79.9. The van der Waals surface area contributed by atoms with E-state index in [9.17, 15) is 0 Å². The fraction of sp³-hybridized carbons (Fsp3) is 0.571. The van der Waals surface area contributed by atoms with Gasteiger partial charge >= 0.3 is 0 Å². The summed E-state index contributed by atoms with van der Waals surface area (Å²) in [5.74, 6) is 0.456. The van der Waals surface area contributed by atoms with Crippen LogP contribution in [-0.4, -0.2) is 40.5 Å². The number of rotatable bonds is 9. The van der Waals surface area contributed by atoms with Gasteiger partial charge in [-0.3, -0.25) is 0 Å².